The molecular weight excluding hydrogens is 390 g/mol. The van der Waals surface area contributed by atoms with Gasteiger partial charge in [-0.2, -0.15) is 0 Å². The first-order chi connectivity index (χ1) is 15.0. The number of aryl methyl sites for hydroxylation is 1. The molecule has 31 heavy (non-hydrogen) atoms. The molecule has 0 bridgehead atoms. The molecule has 2 heterocycles. The van der Waals surface area contributed by atoms with Gasteiger partial charge in [0.05, 0.1) is 30.8 Å². The number of rotatable bonds is 8. The van der Waals surface area contributed by atoms with Crippen molar-refractivity contribution in [1.29, 1.82) is 0 Å². The van der Waals surface area contributed by atoms with Crippen LogP contribution in [0.4, 0.5) is 11.5 Å². The largest absolute Gasteiger partial charge is 0.493 e. The summed E-state index contributed by atoms with van der Waals surface area (Å²) < 4.78 is 13.1. The van der Waals surface area contributed by atoms with Crippen LogP contribution in [0.1, 0.15) is 45.5 Å². The molecule has 0 saturated carbocycles. The van der Waals surface area contributed by atoms with Crippen LogP contribution in [0.2, 0.25) is 0 Å². The second-order valence-electron chi connectivity index (χ2n) is 7.87. The van der Waals surface area contributed by atoms with Crippen molar-refractivity contribution in [2.75, 3.05) is 19.5 Å². The number of aromatic nitrogens is 4. The van der Waals surface area contributed by atoms with Gasteiger partial charge < -0.3 is 19.4 Å². The molecule has 162 valence electrons. The van der Waals surface area contributed by atoms with Crippen molar-refractivity contribution in [3.05, 3.63) is 42.5 Å². The summed E-state index contributed by atoms with van der Waals surface area (Å²) in [5.74, 6) is 3.20. The van der Waals surface area contributed by atoms with Gasteiger partial charge in [-0.25, -0.2) is 15.0 Å². The predicted octanol–water partition coefficient (Wildman–Crippen LogP) is 5.66. The number of imidazole rings is 1. The Labute approximate surface area is 182 Å². The Kier molecular flexibility index (Phi) is 5.93. The van der Waals surface area contributed by atoms with Gasteiger partial charge in [-0.05, 0) is 44.5 Å². The van der Waals surface area contributed by atoms with Gasteiger partial charge in [0, 0.05) is 29.6 Å². The first-order valence-electron chi connectivity index (χ1n) is 10.7. The lowest BCUT2D eigenvalue weighted by molar-refractivity contribution is 0.355. The van der Waals surface area contributed by atoms with E-state index in [1.807, 2.05) is 18.2 Å². The molecule has 0 radical (unpaired) electrons. The fourth-order valence-electron chi connectivity index (χ4n) is 3.93. The molecule has 2 aromatic heterocycles. The van der Waals surface area contributed by atoms with Crippen LogP contribution in [0, 0.1) is 0 Å². The van der Waals surface area contributed by atoms with E-state index in [0.29, 0.717) is 17.5 Å². The highest BCUT2D eigenvalue weighted by Crippen LogP contribution is 2.33. The molecule has 7 heteroatoms. The minimum atomic E-state index is 0.334. The molecule has 0 unspecified atom stereocenters. The molecule has 0 atom stereocenters. The second kappa shape index (κ2) is 8.79. The topological polar surface area (TPSA) is 74.1 Å². The maximum Gasteiger partial charge on any atom is 0.162 e. The summed E-state index contributed by atoms with van der Waals surface area (Å²) in [6.07, 6.45) is 4.84. The third-order valence-electron chi connectivity index (χ3n) is 5.44. The van der Waals surface area contributed by atoms with E-state index < -0.39 is 0 Å². The van der Waals surface area contributed by atoms with E-state index in [0.717, 1.165) is 58.5 Å². The Morgan fingerprint density at radius 2 is 1.81 bits per heavy atom. The fraction of sp³-hybridized carbons (Fsp3) is 0.375. The number of nitrogens with one attached hydrogen (secondary N) is 1. The summed E-state index contributed by atoms with van der Waals surface area (Å²) in [4.78, 5) is 14.0. The molecule has 1 N–H and O–H groups in total. The summed E-state index contributed by atoms with van der Waals surface area (Å²) in [7, 11) is 3.25. The van der Waals surface area contributed by atoms with Crippen LogP contribution in [0.5, 0.6) is 11.5 Å². The molecule has 0 aliphatic carbocycles. The Morgan fingerprint density at radius 1 is 1.00 bits per heavy atom. The van der Waals surface area contributed by atoms with Crippen molar-refractivity contribution in [2.45, 2.75) is 46.1 Å². The smallest absolute Gasteiger partial charge is 0.162 e. The van der Waals surface area contributed by atoms with Gasteiger partial charge in [-0.15, -0.1) is 0 Å². The Bertz CT molecular complexity index is 1220. The summed E-state index contributed by atoms with van der Waals surface area (Å²) >= 11 is 0. The van der Waals surface area contributed by atoms with Crippen molar-refractivity contribution in [3.63, 3.8) is 0 Å². The van der Waals surface area contributed by atoms with Crippen LogP contribution in [-0.2, 0) is 6.42 Å². The van der Waals surface area contributed by atoms with Crippen LogP contribution in [0.25, 0.3) is 21.9 Å². The van der Waals surface area contributed by atoms with Crippen molar-refractivity contribution in [1.82, 2.24) is 19.5 Å². The minimum Gasteiger partial charge on any atom is -0.493 e. The normalized spacial score (nSPS) is 11.4. The van der Waals surface area contributed by atoms with Crippen molar-refractivity contribution in [2.24, 2.45) is 0 Å². The van der Waals surface area contributed by atoms with Crippen LogP contribution >= 0.6 is 0 Å². The third-order valence-corrected chi connectivity index (χ3v) is 5.44. The van der Waals surface area contributed by atoms with Crippen LogP contribution in [0.15, 0.2) is 36.7 Å². The standard InChI is InChI=1S/C24H29N5O2/c1-6-7-8-23-28-19-12-17-18(13-20(19)29(23)15(2)3)25-14-26-24(17)27-16-9-10-21(30-4)22(11-16)31-5/h9-15H,6-8H2,1-5H3,(H,25,26,27). The van der Waals surface area contributed by atoms with Gasteiger partial charge in [-0.3, -0.25) is 0 Å². The maximum atomic E-state index is 5.42. The lowest BCUT2D eigenvalue weighted by Crippen LogP contribution is -2.06. The summed E-state index contributed by atoms with van der Waals surface area (Å²) in [5, 5.41) is 4.33. The van der Waals surface area contributed by atoms with E-state index >= 15 is 0 Å². The van der Waals surface area contributed by atoms with E-state index in [9.17, 15) is 0 Å². The van der Waals surface area contributed by atoms with E-state index in [4.69, 9.17) is 14.5 Å². The Balaban J connectivity index is 1.80. The predicted molar refractivity (Wildman–Crippen MR) is 125 cm³/mol. The van der Waals surface area contributed by atoms with E-state index in [1.165, 1.54) is 0 Å². The summed E-state index contributed by atoms with van der Waals surface area (Å²) in [5.41, 5.74) is 3.82. The van der Waals surface area contributed by atoms with Gasteiger partial charge in [0.25, 0.3) is 0 Å². The van der Waals surface area contributed by atoms with E-state index in [1.54, 1.807) is 20.5 Å². The maximum absolute atomic E-state index is 5.42. The van der Waals surface area contributed by atoms with E-state index in [2.05, 4.69) is 52.8 Å². The number of ether oxygens (including phenoxy) is 2. The monoisotopic (exact) mass is 419 g/mol. The first kappa shape index (κ1) is 20.9. The minimum absolute atomic E-state index is 0.334. The van der Waals surface area contributed by atoms with Crippen molar-refractivity contribution < 1.29 is 9.47 Å². The first-order valence-corrected chi connectivity index (χ1v) is 10.7. The van der Waals surface area contributed by atoms with Crippen LogP contribution in [-0.4, -0.2) is 33.7 Å². The lowest BCUT2D eigenvalue weighted by atomic mass is 10.2. The molecular formula is C24H29N5O2. The van der Waals surface area contributed by atoms with Gasteiger partial charge in [0.1, 0.15) is 18.0 Å². The highest BCUT2D eigenvalue weighted by Gasteiger charge is 2.16. The number of anilines is 2. The van der Waals surface area contributed by atoms with Gasteiger partial charge in [0.2, 0.25) is 0 Å². The number of methoxy groups -OCH3 is 2. The summed E-state index contributed by atoms with van der Waals surface area (Å²) in [6, 6.07) is 10.2. The zero-order valence-electron chi connectivity index (χ0n) is 18.8. The fourth-order valence-corrected chi connectivity index (χ4v) is 3.93. The summed E-state index contributed by atoms with van der Waals surface area (Å²) in [6.45, 7) is 6.61. The molecule has 0 spiro atoms. The Morgan fingerprint density at radius 3 is 2.52 bits per heavy atom. The zero-order valence-corrected chi connectivity index (χ0v) is 18.8. The van der Waals surface area contributed by atoms with Crippen molar-refractivity contribution >= 4 is 33.4 Å². The molecule has 0 aliphatic heterocycles. The average molecular weight is 420 g/mol. The molecule has 0 amide bonds. The number of hydrogen-bond donors (Lipinski definition) is 1. The highest BCUT2D eigenvalue weighted by molar-refractivity contribution is 5.99. The lowest BCUT2D eigenvalue weighted by Gasteiger charge is -2.14. The van der Waals surface area contributed by atoms with Crippen LogP contribution in [0.3, 0.4) is 0 Å². The molecule has 2 aromatic carbocycles. The quantitative estimate of drug-likeness (QED) is 0.397. The zero-order chi connectivity index (χ0) is 22.0. The van der Waals surface area contributed by atoms with Gasteiger partial charge >= 0.3 is 0 Å². The van der Waals surface area contributed by atoms with Crippen molar-refractivity contribution in [3.8, 4) is 11.5 Å². The molecule has 4 rings (SSSR count). The number of fused-ring (bicyclic) bond motifs is 2. The molecule has 0 aliphatic rings. The molecule has 4 aromatic rings. The highest BCUT2D eigenvalue weighted by atomic mass is 16.5. The SMILES string of the molecule is CCCCc1nc2cc3c(Nc4ccc(OC)c(OC)c4)ncnc3cc2n1C(C)C. The van der Waals surface area contributed by atoms with E-state index in [-0.39, 0.29) is 0 Å². The Hall–Kier alpha value is -3.35. The number of nitrogens with zero attached hydrogens (tertiary/aromatic N) is 4. The number of benzene rings is 2. The van der Waals surface area contributed by atoms with Gasteiger partial charge in [-0.1, -0.05) is 13.3 Å². The second-order valence-corrected chi connectivity index (χ2v) is 7.87. The number of hydrogen-bond acceptors (Lipinski definition) is 6. The molecule has 0 saturated heterocycles. The van der Waals surface area contributed by atoms with Crippen LogP contribution < -0.4 is 14.8 Å². The third kappa shape index (κ3) is 4.00. The molecule has 0 fully saturated rings. The van der Waals surface area contributed by atoms with Gasteiger partial charge in [0.15, 0.2) is 11.5 Å². The average Bonchev–Trinajstić information content (AvgIpc) is 3.13. The molecule has 7 nitrogen and oxygen atoms in total. The number of unbranched alkanes of at least 4 members (excludes halogenated alkanes) is 1.